The van der Waals surface area contributed by atoms with Gasteiger partial charge in [-0.15, -0.1) is 0 Å². The van der Waals surface area contributed by atoms with Crippen LogP contribution >= 0.6 is 0 Å². The highest BCUT2D eigenvalue weighted by Crippen LogP contribution is 2.00. The Hall–Kier alpha value is -1.98. The van der Waals surface area contributed by atoms with Crippen molar-refractivity contribution in [3.63, 3.8) is 0 Å². The number of rotatable bonds is 6. The maximum absolute atomic E-state index is 11.6. The fraction of sp³-hybridized carbons (Fsp3) is 0.538. The van der Waals surface area contributed by atoms with Crippen LogP contribution in [-0.2, 0) is 9.59 Å². The second-order valence-electron chi connectivity index (χ2n) is 4.77. The lowest BCUT2D eigenvalue weighted by Crippen LogP contribution is -2.28. The summed E-state index contributed by atoms with van der Waals surface area (Å²) in [4.78, 5) is 31.0. The normalized spacial score (nSPS) is 10.3. The average Bonchev–Trinajstić information content (AvgIpc) is 2.27. The van der Waals surface area contributed by atoms with Gasteiger partial charge in [-0.2, -0.15) is 0 Å². The Balaban J connectivity index is 2.27. The molecule has 0 saturated carbocycles. The van der Waals surface area contributed by atoms with Crippen molar-refractivity contribution in [1.82, 2.24) is 15.3 Å². The van der Waals surface area contributed by atoms with E-state index in [9.17, 15) is 9.59 Å². The highest BCUT2D eigenvalue weighted by Gasteiger charge is 2.07. The topological polar surface area (TPSA) is 84.0 Å². The van der Waals surface area contributed by atoms with Crippen molar-refractivity contribution in [3.05, 3.63) is 18.0 Å². The predicted octanol–water partition coefficient (Wildman–Crippen LogP) is 1.28. The molecule has 0 fully saturated rings. The lowest BCUT2D eigenvalue weighted by atomic mass is 10.1. The molecule has 2 N–H and O–H groups in total. The second-order valence-corrected chi connectivity index (χ2v) is 4.77. The number of aromatic nitrogens is 2. The van der Waals surface area contributed by atoms with Gasteiger partial charge < -0.3 is 5.32 Å². The van der Waals surface area contributed by atoms with E-state index >= 15 is 0 Å². The van der Waals surface area contributed by atoms with Gasteiger partial charge in [0.15, 0.2) is 0 Å². The minimum atomic E-state index is -0.213. The molecule has 0 atom stereocenters. The van der Waals surface area contributed by atoms with Crippen LogP contribution in [0.1, 0.15) is 32.4 Å². The van der Waals surface area contributed by atoms with Crippen molar-refractivity contribution in [2.45, 2.75) is 33.6 Å². The molecule has 0 saturated heterocycles. The molecule has 0 spiro atoms. The van der Waals surface area contributed by atoms with Gasteiger partial charge in [-0.1, -0.05) is 13.8 Å². The smallest absolute Gasteiger partial charge is 0.229 e. The molecular weight excluding hydrogens is 244 g/mol. The number of nitrogens with one attached hydrogen (secondary N) is 2. The van der Waals surface area contributed by atoms with Gasteiger partial charge in [0.05, 0.1) is 0 Å². The van der Waals surface area contributed by atoms with Crippen molar-refractivity contribution < 1.29 is 9.59 Å². The zero-order chi connectivity index (χ0) is 14.3. The highest BCUT2D eigenvalue weighted by atomic mass is 16.2. The van der Waals surface area contributed by atoms with E-state index in [0.717, 1.165) is 5.69 Å². The fourth-order valence-corrected chi connectivity index (χ4v) is 1.45. The van der Waals surface area contributed by atoms with Crippen LogP contribution in [0, 0.1) is 12.8 Å². The monoisotopic (exact) mass is 264 g/mol. The van der Waals surface area contributed by atoms with E-state index in [2.05, 4.69) is 20.6 Å². The van der Waals surface area contributed by atoms with Crippen molar-refractivity contribution in [2.75, 3.05) is 11.9 Å². The molecule has 1 aromatic heterocycles. The molecule has 0 aliphatic carbocycles. The van der Waals surface area contributed by atoms with Gasteiger partial charge in [-0.25, -0.2) is 9.97 Å². The van der Waals surface area contributed by atoms with Crippen LogP contribution in [0.25, 0.3) is 0 Å². The van der Waals surface area contributed by atoms with Gasteiger partial charge in [-0.05, 0) is 18.9 Å². The standard InChI is InChI=1S/C13H20N4O2/c1-9(2)8-12(19)14-7-5-11(18)17-13-15-6-4-10(3)16-13/h4,6,9H,5,7-8H2,1-3H3,(H,14,19)(H,15,16,17,18). The first-order chi connectivity index (χ1) is 8.97. The number of nitrogens with zero attached hydrogens (tertiary/aromatic N) is 2. The molecular formula is C13H20N4O2. The van der Waals surface area contributed by atoms with Crippen LogP contribution in [0.4, 0.5) is 5.95 Å². The van der Waals surface area contributed by atoms with E-state index in [1.165, 1.54) is 0 Å². The van der Waals surface area contributed by atoms with Gasteiger partial charge in [0.1, 0.15) is 0 Å². The minimum Gasteiger partial charge on any atom is -0.356 e. The van der Waals surface area contributed by atoms with Gasteiger partial charge in [0.25, 0.3) is 0 Å². The van der Waals surface area contributed by atoms with Crippen molar-refractivity contribution in [1.29, 1.82) is 0 Å². The molecule has 0 radical (unpaired) electrons. The molecule has 1 heterocycles. The van der Waals surface area contributed by atoms with Gasteiger partial charge in [-0.3, -0.25) is 14.9 Å². The Kier molecular flexibility index (Phi) is 5.92. The zero-order valence-electron chi connectivity index (χ0n) is 11.6. The summed E-state index contributed by atoms with van der Waals surface area (Å²) in [7, 11) is 0. The maximum atomic E-state index is 11.6. The summed E-state index contributed by atoms with van der Waals surface area (Å²) >= 11 is 0. The summed E-state index contributed by atoms with van der Waals surface area (Å²) in [6.07, 6.45) is 2.27. The van der Waals surface area contributed by atoms with E-state index in [0.29, 0.717) is 24.8 Å². The molecule has 1 rings (SSSR count). The molecule has 0 bridgehead atoms. The van der Waals surface area contributed by atoms with Crippen LogP contribution in [0.3, 0.4) is 0 Å². The van der Waals surface area contributed by atoms with Crippen LogP contribution in [0.15, 0.2) is 12.3 Å². The Labute approximate surface area is 113 Å². The first-order valence-corrected chi connectivity index (χ1v) is 6.33. The third-order valence-corrected chi connectivity index (χ3v) is 2.31. The van der Waals surface area contributed by atoms with E-state index < -0.39 is 0 Å². The van der Waals surface area contributed by atoms with Crippen molar-refractivity contribution in [2.24, 2.45) is 5.92 Å². The molecule has 0 aliphatic heterocycles. The molecule has 1 aromatic rings. The van der Waals surface area contributed by atoms with Crippen LogP contribution in [0.2, 0.25) is 0 Å². The molecule has 19 heavy (non-hydrogen) atoms. The van der Waals surface area contributed by atoms with Gasteiger partial charge >= 0.3 is 0 Å². The van der Waals surface area contributed by atoms with Crippen molar-refractivity contribution in [3.8, 4) is 0 Å². The Bertz CT molecular complexity index is 446. The summed E-state index contributed by atoms with van der Waals surface area (Å²) in [5.41, 5.74) is 0.788. The molecule has 6 heteroatoms. The largest absolute Gasteiger partial charge is 0.356 e. The average molecular weight is 264 g/mol. The zero-order valence-corrected chi connectivity index (χ0v) is 11.6. The Morgan fingerprint density at radius 3 is 2.68 bits per heavy atom. The van der Waals surface area contributed by atoms with Crippen LogP contribution in [0.5, 0.6) is 0 Å². The number of carbonyl (C=O) groups excluding carboxylic acids is 2. The maximum Gasteiger partial charge on any atom is 0.229 e. The SMILES string of the molecule is Cc1ccnc(NC(=O)CCNC(=O)CC(C)C)n1. The van der Waals surface area contributed by atoms with Crippen LogP contribution < -0.4 is 10.6 Å². The quantitative estimate of drug-likeness (QED) is 0.810. The summed E-state index contributed by atoms with van der Waals surface area (Å²) in [5, 5.41) is 5.29. The first kappa shape index (κ1) is 15.1. The number of amides is 2. The molecule has 2 amide bonds. The minimum absolute atomic E-state index is 0.0328. The lowest BCUT2D eigenvalue weighted by molar-refractivity contribution is -0.121. The Morgan fingerprint density at radius 2 is 2.05 bits per heavy atom. The number of hydrogen-bond donors (Lipinski definition) is 2. The first-order valence-electron chi connectivity index (χ1n) is 6.33. The number of hydrogen-bond acceptors (Lipinski definition) is 4. The number of carbonyl (C=O) groups is 2. The fourth-order valence-electron chi connectivity index (χ4n) is 1.45. The highest BCUT2D eigenvalue weighted by molar-refractivity contribution is 5.89. The number of aryl methyl sites for hydroxylation is 1. The Morgan fingerprint density at radius 1 is 1.32 bits per heavy atom. The van der Waals surface area contributed by atoms with E-state index in [4.69, 9.17) is 0 Å². The van der Waals surface area contributed by atoms with E-state index in [1.807, 2.05) is 20.8 Å². The molecule has 104 valence electrons. The van der Waals surface area contributed by atoms with E-state index in [1.54, 1.807) is 12.3 Å². The third-order valence-electron chi connectivity index (χ3n) is 2.31. The second kappa shape index (κ2) is 7.45. The molecule has 0 aliphatic rings. The molecule has 0 aromatic carbocycles. The number of anilines is 1. The van der Waals surface area contributed by atoms with Gasteiger partial charge in [0, 0.05) is 31.3 Å². The third kappa shape index (κ3) is 6.49. The lowest BCUT2D eigenvalue weighted by Gasteiger charge is -2.07. The van der Waals surface area contributed by atoms with Gasteiger partial charge in [0.2, 0.25) is 17.8 Å². The summed E-state index contributed by atoms with van der Waals surface area (Å²) in [6, 6.07) is 1.75. The molecule has 0 unspecified atom stereocenters. The molecule has 6 nitrogen and oxygen atoms in total. The van der Waals surface area contributed by atoms with E-state index in [-0.39, 0.29) is 18.2 Å². The summed E-state index contributed by atoms with van der Waals surface area (Å²) < 4.78 is 0. The summed E-state index contributed by atoms with van der Waals surface area (Å²) in [6.45, 7) is 6.09. The predicted molar refractivity (Wildman–Crippen MR) is 72.5 cm³/mol. The van der Waals surface area contributed by atoms with Crippen LogP contribution in [-0.4, -0.2) is 28.3 Å². The van der Waals surface area contributed by atoms with Crippen molar-refractivity contribution >= 4 is 17.8 Å². The summed E-state index contributed by atoms with van der Waals surface area (Å²) in [5.74, 6) is 0.359.